The zero-order valence-corrected chi connectivity index (χ0v) is 21.6. The summed E-state index contributed by atoms with van der Waals surface area (Å²) in [5, 5.41) is 0. The maximum atomic E-state index is 12.7. The maximum absolute atomic E-state index is 12.7. The van der Waals surface area contributed by atoms with E-state index in [1.54, 1.807) is 0 Å². The number of ketones is 3. The molecule has 0 atom stereocenters. The first kappa shape index (κ1) is 27.7. The summed E-state index contributed by atoms with van der Waals surface area (Å²) >= 11 is 0. The molecule has 0 heterocycles. The molecule has 3 nitrogen and oxygen atoms in total. The van der Waals surface area contributed by atoms with Crippen LogP contribution in [0.25, 0.3) is 0 Å². The summed E-state index contributed by atoms with van der Waals surface area (Å²) in [7, 11) is 0. The predicted molar refractivity (Wildman–Crippen MR) is 140 cm³/mol. The summed E-state index contributed by atoms with van der Waals surface area (Å²) in [5.41, 5.74) is 0.799. The fourth-order valence-electron chi connectivity index (χ4n) is 4.44. The van der Waals surface area contributed by atoms with E-state index in [4.69, 9.17) is 0 Å². The zero-order chi connectivity index (χ0) is 25.0. The number of hydrogen-bond donors (Lipinski definition) is 0. The van der Waals surface area contributed by atoms with Crippen molar-refractivity contribution in [1.82, 2.24) is 0 Å². The molecule has 0 amide bonds. The number of benzene rings is 2. The van der Waals surface area contributed by atoms with Crippen molar-refractivity contribution in [2.45, 2.75) is 91.9 Å². The molecule has 0 N–H and O–H groups in total. The highest BCUT2D eigenvalue weighted by atomic mass is 16.1. The number of Topliss-reactive ketones (excluding diaryl/α,β-unsaturated/α-hetero) is 3. The van der Waals surface area contributed by atoms with Gasteiger partial charge in [0.15, 0.2) is 11.6 Å². The van der Waals surface area contributed by atoms with E-state index < -0.39 is 0 Å². The van der Waals surface area contributed by atoms with Crippen LogP contribution < -0.4 is 0 Å². The highest BCUT2D eigenvalue weighted by Gasteiger charge is 2.28. The monoisotopic (exact) mass is 462 g/mol. The van der Waals surface area contributed by atoms with Gasteiger partial charge < -0.3 is 0 Å². The van der Waals surface area contributed by atoms with Crippen LogP contribution in [-0.4, -0.2) is 17.3 Å². The van der Waals surface area contributed by atoms with Crippen LogP contribution >= 0.6 is 0 Å². The van der Waals surface area contributed by atoms with Crippen LogP contribution in [0.1, 0.15) is 113 Å². The topological polar surface area (TPSA) is 51.2 Å². The number of rotatable bonds is 16. The molecule has 34 heavy (non-hydrogen) atoms. The van der Waals surface area contributed by atoms with E-state index in [2.05, 4.69) is 0 Å². The first-order valence-corrected chi connectivity index (χ1v) is 12.8. The third-order valence-electron chi connectivity index (χ3n) is 6.82. The van der Waals surface area contributed by atoms with Gasteiger partial charge in [0, 0.05) is 34.8 Å². The minimum Gasteiger partial charge on any atom is -0.300 e. The minimum absolute atomic E-state index is 0.192. The normalized spacial score (nSPS) is 11.9. The van der Waals surface area contributed by atoms with Crippen LogP contribution in [0.4, 0.5) is 0 Å². The third kappa shape index (κ3) is 9.00. The first-order chi connectivity index (χ1) is 16.1. The molecule has 2 aromatic rings. The molecule has 0 bridgehead atoms. The van der Waals surface area contributed by atoms with Crippen molar-refractivity contribution in [3.8, 4) is 0 Å². The van der Waals surface area contributed by atoms with E-state index in [1.807, 2.05) is 88.4 Å². The lowest BCUT2D eigenvalue weighted by atomic mass is 9.79. The molecule has 0 aliphatic heterocycles. The maximum Gasteiger partial charge on any atom is 0.168 e. The van der Waals surface area contributed by atoms with Crippen LogP contribution in [0.3, 0.4) is 0 Å². The van der Waals surface area contributed by atoms with E-state index in [0.29, 0.717) is 18.6 Å². The largest absolute Gasteiger partial charge is 0.300 e. The SMILES string of the molecule is CC(C)(CCCCCC(=O)CCCCCC(C)(C)C(=O)c1ccccc1)C(=O)c1ccccc1. The molecule has 0 aromatic heterocycles. The fourth-order valence-corrected chi connectivity index (χ4v) is 4.44. The Labute approximate surface area is 206 Å². The summed E-state index contributed by atoms with van der Waals surface area (Å²) in [4.78, 5) is 37.7. The van der Waals surface area contributed by atoms with E-state index in [9.17, 15) is 14.4 Å². The van der Waals surface area contributed by atoms with Gasteiger partial charge in [-0.25, -0.2) is 0 Å². The second kappa shape index (κ2) is 13.4. The van der Waals surface area contributed by atoms with Gasteiger partial charge >= 0.3 is 0 Å². The summed E-state index contributed by atoms with van der Waals surface area (Å²) < 4.78 is 0. The second-order valence-corrected chi connectivity index (χ2v) is 10.8. The van der Waals surface area contributed by atoms with Crippen molar-refractivity contribution in [3.63, 3.8) is 0 Å². The summed E-state index contributed by atoms with van der Waals surface area (Å²) in [5.74, 6) is 0.717. The molecule has 0 aliphatic carbocycles. The van der Waals surface area contributed by atoms with Crippen molar-refractivity contribution < 1.29 is 14.4 Å². The smallest absolute Gasteiger partial charge is 0.168 e. The highest BCUT2D eigenvalue weighted by molar-refractivity contribution is 6.00. The summed E-state index contributed by atoms with van der Waals surface area (Å²) in [6.07, 6.45) is 8.61. The Hall–Kier alpha value is -2.55. The van der Waals surface area contributed by atoms with Crippen molar-refractivity contribution in [2.24, 2.45) is 10.8 Å². The van der Waals surface area contributed by atoms with Crippen molar-refractivity contribution >= 4 is 17.3 Å². The molecule has 0 unspecified atom stereocenters. The van der Waals surface area contributed by atoms with Crippen LogP contribution in [0, 0.1) is 10.8 Å². The molecule has 2 rings (SSSR count). The first-order valence-electron chi connectivity index (χ1n) is 12.8. The molecule has 0 radical (unpaired) electrons. The molecule has 0 fully saturated rings. The summed E-state index contributed by atoms with van der Waals surface area (Å²) in [6.45, 7) is 8.06. The molecule has 0 aliphatic rings. The van der Waals surface area contributed by atoms with Gasteiger partial charge in [-0.05, 0) is 25.7 Å². The molecule has 0 saturated heterocycles. The number of carbonyl (C=O) groups excluding carboxylic acids is 3. The lowest BCUT2D eigenvalue weighted by molar-refractivity contribution is -0.119. The molecule has 2 aromatic carbocycles. The van der Waals surface area contributed by atoms with Gasteiger partial charge in [-0.3, -0.25) is 14.4 Å². The second-order valence-electron chi connectivity index (χ2n) is 10.8. The van der Waals surface area contributed by atoms with Crippen LogP contribution in [0.2, 0.25) is 0 Å². The number of unbranched alkanes of at least 4 members (excludes halogenated alkanes) is 4. The van der Waals surface area contributed by atoms with Crippen molar-refractivity contribution in [2.75, 3.05) is 0 Å². The zero-order valence-electron chi connectivity index (χ0n) is 21.6. The van der Waals surface area contributed by atoms with Gasteiger partial charge in [-0.15, -0.1) is 0 Å². The fraction of sp³-hybridized carbons (Fsp3) is 0.516. The van der Waals surface area contributed by atoms with Crippen LogP contribution in [0.5, 0.6) is 0 Å². The predicted octanol–water partition coefficient (Wildman–Crippen LogP) is 8.27. The Kier molecular flexibility index (Phi) is 10.9. The van der Waals surface area contributed by atoms with Crippen molar-refractivity contribution in [3.05, 3.63) is 71.8 Å². The number of carbonyl (C=O) groups is 3. The Balaban J connectivity index is 1.56. The lowest BCUT2D eigenvalue weighted by Crippen LogP contribution is -2.24. The Morgan fingerprint density at radius 2 is 0.882 bits per heavy atom. The molecular weight excluding hydrogens is 420 g/mol. The molecule has 184 valence electrons. The van der Waals surface area contributed by atoms with Gasteiger partial charge in [0.05, 0.1) is 0 Å². The van der Waals surface area contributed by atoms with Crippen LogP contribution in [0.15, 0.2) is 60.7 Å². The standard InChI is InChI=1S/C31H42O3/c1-30(2,28(33)25-17-9-5-10-18-25)23-15-7-13-21-27(32)22-14-8-16-24-31(3,4)29(34)26-19-11-6-12-20-26/h5-6,9-12,17-20H,7-8,13-16,21-24H2,1-4H3. The minimum atomic E-state index is -0.374. The van der Waals surface area contributed by atoms with Crippen LogP contribution in [-0.2, 0) is 4.79 Å². The van der Waals surface area contributed by atoms with E-state index in [0.717, 1.165) is 62.5 Å². The Bertz CT molecular complexity index is 835. The van der Waals surface area contributed by atoms with Gasteiger partial charge in [0.25, 0.3) is 0 Å². The average Bonchev–Trinajstić information content (AvgIpc) is 2.83. The van der Waals surface area contributed by atoms with Gasteiger partial charge in [0.2, 0.25) is 0 Å². The van der Waals surface area contributed by atoms with E-state index in [-0.39, 0.29) is 22.4 Å². The highest BCUT2D eigenvalue weighted by Crippen LogP contribution is 2.30. The summed E-state index contributed by atoms with van der Waals surface area (Å²) in [6, 6.07) is 19.0. The quantitative estimate of drug-likeness (QED) is 0.186. The lowest BCUT2D eigenvalue weighted by Gasteiger charge is -2.23. The molecular formula is C31H42O3. The Morgan fingerprint density at radius 3 is 1.24 bits per heavy atom. The van der Waals surface area contributed by atoms with Gasteiger partial charge in [-0.2, -0.15) is 0 Å². The molecule has 0 saturated carbocycles. The third-order valence-corrected chi connectivity index (χ3v) is 6.82. The van der Waals surface area contributed by atoms with Gasteiger partial charge in [-0.1, -0.05) is 114 Å². The van der Waals surface area contributed by atoms with E-state index >= 15 is 0 Å². The van der Waals surface area contributed by atoms with Crippen molar-refractivity contribution in [1.29, 1.82) is 0 Å². The Morgan fingerprint density at radius 1 is 0.529 bits per heavy atom. The van der Waals surface area contributed by atoms with E-state index in [1.165, 1.54) is 0 Å². The number of hydrogen-bond acceptors (Lipinski definition) is 3. The molecule has 3 heteroatoms. The van der Waals surface area contributed by atoms with Gasteiger partial charge in [0.1, 0.15) is 5.78 Å². The average molecular weight is 463 g/mol. The molecule has 0 spiro atoms.